The Morgan fingerprint density at radius 1 is 1.13 bits per heavy atom. The van der Waals surface area contributed by atoms with Crippen molar-refractivity contribution in [2.75, 3.05) is 13.9 Å². The monoisotopic (exact) mass is 316 g/mol. The van der Waals surface area contributed by atoms with Crippen molar-refractivity contribution in [3.63, 3.8) is 0 Å². The molecule has 3 fully saturated rings. The van der Waals surface area contributed by atoms with E-state index in [0.29, 0.717) is 23.7 Å². The van der Waals surface area contributed by atoms with Gasteiger partial charge in [-0.2, -0.15) is 0 Å². The van der Waals surface area contributed by atoms with Crippen LogP contribution in [-0.2, 0) is 9.47 Å². The van der Waals surface area contributed by atoms with Crippen molar-refractivity contribution in [1.82, 2.24) is 0 Å². The van der Waals surface area contributed by atoms with Gasteiger partial charge >= 0.3 is 0 Å². The average Bonchev–Trinajstić information content (AvgIpc) is 2.89. The molecular weight excluding hydrogens is 284 g/mol. The first-order valence-corrected chi connectivity index (χ1v) is 9.57. The summed E-state index contributed by atoms with van der Waals surface area (Å²) in [6, 6.07) is 0. The minimum Gasteiger partial charge on any atom is -0.359 e. The first-order valence-electron chi connectivity index (χ1n) is 9.57. The van der Waals surface area contributed by atoms with Gasteiger partial charge in [-0.15, -0.1) is 0 Å². The summed E-state index contributed by atoms with van der Waals surface area (Å²) in [6.45, 7) is 5.47. The summed E-state index contributed by atoms with van der Waals surface area (Å²) in [4.78, 5) is 0. The van der Waals surface area contributed by atoms with Crippen LogP contribution in [0.15, 0.2) is 23.8 Å². The summed E-state index contributed by atoms with van der Waals surface area (Å²) >= 11 is 0. The van der Waals surface area contributed by atoms with Crippen LogP contribution in [0, 0.1) is 28.6 Å². The molecule has 0 heterocycles. The lowest BCUT2D eigenvalue weighted by atomic mass is 9.48. The Hall–Kier alpha value is -0.600. The second kappa shape index (κ2) is 5.74. The van der Waals surface area contributed by atoms with Crippen molar-refractivity contribution < 1.29 is 9.47 Å². The van der Waals surface area contributed by atoms with E-state index in [4.69, 9.17) is 9.47 Å². The molecule has 2 heteroatoms. The van der Waals surface area contributed by atoms with Crippen LogP contribution in [0.5, 0.6) is 0 Å². The van der Waals surface area contributed by atoms with E-state index in [9.17, 15) is 0 Å². The maximum Gasteiger partial charge on any atom is 0.146 e. The molecule has 1 unspecified atom stereocenters. The second-order valence-corrected chi connectivity index (χ2v) is 8.75. The summed E-state index contributed by atoms with van der Waals surface area (Å²) in [5, 5.41) is 0. The Bertz CT molecular complexity index is 522. The van der Waals surface area contributed by atoms with E-state index in [0.717, 1.165) is 24.2 Å². The van der Waals surface area contributed by atoms with Crippen molar-refractivity contribution in [2.45, 2.75) is 64.9 Å². The summed E-state index contributed by atoms with van der Waals surface area (Å²) in [6.07, 6.45) is 17.0. The Labute approximate surface area is 141 Å². The highest BCUT2D eigenvalue weighted by Crippen LogP contribution is 2.64. The van der Waals surface area contributed by atoms with Gasteiger partial charge in [0.25, 0.3) is 0 Å². The zero-order chi connectivity index (χ0) is 16.1. The molecule has 0 N–H and O–H groups in total. The molecule has 128 valence electrons. The quantitative estimate of drug-likeness (QED) is 0.532. The number of fused-ring (bicyclic) bond motifs is 5. The molecule has 0 amide bonds. The molecule has 4 aliphatic rings. The fourth-order valence-corrected chi connectivity index (χ4v) is 6.72. The van der Waals surface area contributed by atoms with E-state index in [1.54, 1.807) is 12.7 Å². The molecule has 0 saturated heterocycles. The zero-order valence-electron chi connectivity index (χ0n) is 15.0. The van der Waals surface area contributed by atoms with Gasteiger partial charge in [0, 0.05) is 12.5 Å². The van der Waals surface area contributed by atoms with E-state index >= 15 is 0 Å². The first kappa shape index (κ1) is 15.9. The summed E-state index contributed by atoms with van der Waals surface area (Å²) in [7, 11) is 1.73. The number of rotatable bonds is 3. The van der Waals surface area contributed by atoms with Gasteiger partial charge < -0.3 is 9.47 Å². The topological polar surface area (TPSA) is 18.5 Å². The van der Waals surface area contributed by atoms with Crippen LogP contribution in [0.3, 0.4) is 0 Å². The molecule has 2 nitrogen and oxygen atoms in total. The molecule has 0 aromatic rings. The maximum atomic E-state index is 6.09. The number of methoxy groups -OCH3 is 1. The van der Waals surface area contributed by atoms with Crippen LogP contribution in [0.2, 0.25) is 0 Å². The third-order valence-electron chi connectivity index (χ3n) is 7.91. The van der Waals surface area contributed by atoms with E-state index in [1.165, 1.54) is 38.5 Å². The number of hydrogen-bond acceptors (Lipinski definition) is 2. The fraction of sp³-hybridized carbons (Fsp3) is 0.810. The van der Waals surface area contributed by atoms with E-state index in [-0.39, 0.29) is 0 Å². The Morgan fingerprint density at radius 3 is 2.83 bits per heavy atom. The lowest BCUT2D eigenvalue weighted by molar-refractivity contribution is -0.134. The predicted octanol–water partition coefficient (Wildman–Crippen LogP) is 5.10. The highest BCUT2D eigenvalue weighted by Gasteiger charge is 2.58. The molecule has 3 saturated carbocycles. The number of hydrogen-bond donors (Lipinski definition) is 0. The molecule has 6 atom stereocenters. The standard InChI is InChI=1S/C21H32O2/c1-20-12-5-4-6-15(20)7-8-16-17-9-10-19(23-14-22-3)21(17,2)13-11-18(16)20/h5-6,12,16-19H,4,7-11,13-14H2,1-3H3/t16-,17-,18+,19?,20-,21-/m0/s1. The molecule has 0 aromatic heterocycles. The van der Waals surface area contributed by atoms with Crippen molar-refractivity contribution >= 4 is 0 Å². The van der Waals surface area contributed by atoms with Gasteiger partial charge in [0.15, 0.2) is 0 Å². The van der Waals surface area contributed by atoms with Gasteiger partial charge in [0.1, 0.15) is 6.79 Å². The lowest BCUT2D eigenvalue weighted by Crippen LogP contribution is -2.50. The maximum absolute atomic E-state index is 6.09. The van der Waals surface area contributed by atoms with E-state index in [2.05, 4.69) is 32.1 Å². The minimum absolute atomic E-state index is 0.341. The van der Waals surface area contributed by atoms with Crippen LogP contribution in [-0.4, -0.2) is 20.0 Å². The van der Waals surface area contributed by atoms with Crippen molar-refractivity contribution in [2.24, 2.45) is 28.6 Å². The van der Waals surface area contributed by atoms with Crippen LogP contribution in [0.25, 0.3) is 0 Å². The lowest BCUT2D eigenvalue weighted by Gasteiger charge is -2.57. The third kappa shape index (κ3) is 2.28. The van der Waals surface area contributed by atoms with Crippen LogP contribution < -0.4 is 0 Å². The minimum atomic E-state index is 0.341. The zero-order valence-corrected chi connectivity index (χ0v) is 15.0. The molecule has 0 aliphatic heterocycles. The van der Waals surface area contributed by atoms with Crippen LogP contribution >= 0.6 is 0 Å². The highest BCUT2D eigenvalue weighted by atomic mass is 16.7. The van der Waals surface area contributed by atoms with Crippen LogP contribution in [0.4, 0.5) is 0 Å². The Kier molecular flexibility index (Phi) is 3.97. The fourth-order valence-electron chi connectivity index (χ4n) is 6.72. The summed E-state index contributed by atoms with van der Waals surface area (Å²) in [5.41, 5.74) is 2.44. The second-order valence-electron chi connectivity index (χ2n) is 8.75. The van der Waals surface area contributed by atoms with Gasteiger partial charge in [0.05, 0.1) is 6.10 Å². The Morgan fingerprint density at radius 2 is 2.00 bits per heavy atom. The van der Waals surface area contributed by atoms with Crippen molar-refractivity contribution in [3.05, 3.63) is 23.8 Å². The smallest absolute Gasteiger partial charge is 0.146 e. The number of allylic oxidation sites excluding steroid dienone is 4. The van der Waals surface area contributed by atoms with Gasteiger partial charge in [0.2, 0.25) is 0 Å². The van der Waals surface area contributed by atoms with Crippen molar-refractivity contribution in [1.29, 1.82) is 0 Å². The largest absolute Gasteiger partial charge is 0.359 e. The van der Waals surface area contributed by atoms with E-state index in [1.807, 2.05) is 0 Å². The number of ether oxygens (including phenoxy) is 2. The van der Waals surface area contributed by atoms with E-state index < -0.39 is 0 Å². The molecular formula is C21H32O2. The molecule has 0 radical (unpaired) electrons. The molecule has 0 bridgehead atoms. The normalized spacial score (nSPS) is 48.4. The molecule has 0 aromatic carbocycles. The highest BCUT2D eigenvalue weighted by molar-refractivity contribution is 5.31. The van der Waals surface area contributed by atoms with Gasteiger partial charge in [-0.25, -0.2) is 0 Å². The van der Waals surface area contributed by atoms with Gasteiger partial charge in [-0.3, -0.25) is 0 Å². The molecule has 0 spiro atoms. The first-order chi connectivity index (χ1) is 11.1. The van der Waals surface area contributed by atoms with Crippen molar-refractivity contribution in [3.8, 4) is 0 Å². The molecule has 4 aliphatic carbocycles. The predicted molar refractivity (Wildman–Crippen MR) is 93.0 cm³/mol. The SMILES string of the molecule is COCOC1CC[C@H]2[C@@H]3CCC4=CCC=C[C@]4(C)[C@@H]3CC[C@]12C. The summed E-state index contributed by atoms with van der Waals surface area (Å²) in [5.74, 6) is 2.57. The average molecular weight is 316 g/mol. The molecule has 23 heavy (non-hydrogen) atoms. The van der Waals surface area contributed by atoms with Gasteiger partial charge in [-0.1, -0.05) is 37.6 Å². The summed E-state index contributed by atoms with van der Waals surface area (Å²) < 4.78 is 11.3. The Balaban J connectivity index is 1.59. The van der Waals surface area contributed by atoms with Crippen LogP contribution in [0.1, 0.15) is 58.8 Å². The molecule has 4 rings (SSSR count). The third-order valence-corrected chi connectivity index (χ3v) is 7.91. The van der Waals surface area contributed by atoms with Gasteiger partial charge in [-0.05, 0) is 68.1 Å².